The Bertz CT molecular complexity index is 1130. The number of hydrogen-bond acceptors (Lipinski definition) is 5. The molecule has 160 valence electrons. The fraction of sp³-hybridized carbons (Fsp3) is 0.318. The predicted octanol–water partition coefficient (Wildman–Crippen LogP) is 3.09. The van der Waals surface area contributed by atoms with Crippen molar-refractivity contribution in [2.24, 2.45) is 0 Å². The Hall–Kier alpha value is -3.49. The molecule has 1 atom stereocenters. The van der Waals surface area contributed by atoms with E-state index in [-0.39, 0.29) is 17.8 Å². The number of halogens is 2. The van der Waals surface area contributed by atoms with E-state index in [1.807, 2.05) is 6.92 Å². The minimum atomic E-state index is -0.662. The second kappa shape index (κ2) is 7.64. The number of hydrogen-bond donors (Lipinski definition) is 0. The van der Waals surface area contributed by atoms with E-state index in [9.17, 15) is 13.6 Å². The number of amides is 1. The Morgan fingerprint density at radius 1 is 1.06 bits per heavy atom. The molecule has 5 rings (SSSR count). The van der Waals surface area contributed by atoms with Crippen molar-refractivity contribution in [1.29, 1.82) is 0 Å². The van der Waals surface area contributed by atoms with Gasteiger partial charge in [0.15, 0.2) is 5.82 Å². The largest absolute Gasteiger partial charge is 0.447 e. The lowest BCUT2D eigenvalue weighted by molar-refractivity contribution is 0.157. The van der Waals surface area contributed by atoms with Gasteiger partial charge in [-0.15, -0.1) is 0 Å². The van der Waals surface area contributed by atoms with Crippen LogP contribution in [0.25, 0.3) is 5.69 Å². The van der Waals surface area contributed by atoms with E-state index in [2.05, 4.69) is 33.2 Å². The van der Waals surface area contributed by atoms with Crippen LogP contribution in [0.15, 0.2) is 42.7 Å². The highest BCUT2D eigenvalue weighted by molar-refractivity contribution is 5.71. The SMILES string of the molecule is Cc1cc(Cc2ncn(-c3cc(F)cc(F)c3)n2)cc(N2CCN3C(=O)OCC3C2)c1. The summed E-state index contributed by atoms with van der Waals surface area (Å²) < 4.78 is 33.5. The van der Waals surface area contributed by atoms with Gasteiger partial charge in [-0.3, -0.25) is 4.90 Å². The fourth-order valence-corrected chi connectivity index (χ4v) is 4.21. The van der Waals surface area contributed by atoms with Crippen LogP contribution in [0.1, 0.15) is 17.0 Å². The minimum absolute atomic E-state index is 0.0780. The molecule has 2 aromatic carbocycles. The van der Waals surface area contributed by atoms with Crippen LogP contribution in [0.5, 0.6) is 0 Å². The smallest absolute Gasteiger partial charge is 0.410 e. The number of benzene rings is 2. The highest BCUT2D eigenvalue weighted by Gasteiger charge is 2.37. The zero-order chi connectivity index (χ0) is 21.5. The molecule has 0 aliphatic carbocycles. The van der Waals surface area contributed by atoms with Crippen molar-refractivity contribution in [3.05, 3.63) is 71.3 Å². The van der Waals surface area contributed by atoms with E-state index < -0.39 is 11.6 Å². The quantitative estimate of drug-likeness (QED) is 0.643. The van der Waals surface area contributed by atoms with Gasteiger partial charge in [-0.05, 0) is 42.3 Å². The van der Waals surface area contributed by atoms with Gasteiger partial charge in [-0.2, -0.15) is 5.10 Å². The molecule has 0 bridgehead atoms. The normalized spacial score (nSPS) is 18.3. The van der Waals surface area contributed by atoms with Crippen molar-refractivity contribution in [3.8, 4) is 5.69 Å². The summed E-state index contributed by atoms with van der Waals surface area (Å²) in [6.07, 6.45) is 1.72. The molecule has 0 spiro atoms. The minimum Gasteiger partial charge on any atom is -0.447 e. The number of carbonyl (C=O) groups excluding carboxylic acids is 1. The van der Waals surface area contributed by atoms with E-state index in [0.717, 1.165) is 36.0 Å². The first-order chi connectivity index (χ1) is 14.9. The molecule has 1 unspecified atom stereocenters. The molecule has 2 aliphatic heterocycles. The van der Waals surface area contributed by atoms with Crippen molar-refractivity contribution in [1.82, 2.24) is 19.7 Å². The molecule has 9 heteroatoms. The van der Waals surface area contributed by atoms with Gasteiger partial charge in [0.05, 0.1) is 11.7 Å². The van der Waals surface area contributed by atoms with E-state index in [0.29, 0.717) is 25.4 Å². The summed E-state index contributed by atoms with van der Waals surface area (Å²) in [4.78, 5) is 20.1. The first kappa shape index (κ1) is 19.5. The summed E-state index contributed by atoms with van der Waals surface area (Å²) in [6, 6.07) is 9.62. The average Bonchev–Trinajstić information content (AvgIpc) is 3.33. The molecule has 2 saturated heterocycles. The number of carbonyl (C=O) groups is 1. The van der Waals surface area contributed by atoms with Crippen LogP contribution in [0.2, 0.25) is 0 Å². The molecule has 2 aliphatic rings. The van der Waals surface area contributed by atoms with Crippen molar-refractivity contribution >= 4 is 11.8 Å². The van der Waals surface area contributed by atoms with Crippen molar-refractivity contribution in [2.45, 2.75) is 19.4 Å². The Balaban J connectivity index is 1.34. The third-order valence-electron chi connectivity index (χ3n) is 5.62. The maximum atomic E-state index is 13.5. The van der Waals surface area contributed by atoms with Crippen molar-refractivity contribution in [3.63, 3.8) is 0 Å². The number of fused-ring (bicyclic) bond motifs is 1. The van der Waals surface area contributed by atoms with Gasteiger partial charge in [-0.25, -0.2) is 23.2 Å². The second-order valence-electron chi connectivity index (χ2n) is 7.96. The Morgan fingerprint density at radius 3 is 2.68 bits per heavy atom. The molecular weight excluding hydrogens is 404 g/mol. The first-order valence-electron chi connectivity index (χ1n) is 10.1. The Morgan fingerprint density at radius 2 is 1.87 bits per heavy atom. The maximum Gasteiger partial charge on any atom is 0.410 e. The lowest BCUT2D eigenvalue weighted by Crippen LogP contribution is -2.52. The maximum absolute atomic E-state index is 13.5. The third kappa shape index (κ3) is 3.95. The van der Waals surface area contributed by atoms with Crippen LogP contribution in [-0.4, -0.2) is 58.0 Å². The highest BCUT2D eigenvalue weighted by Crippen LogP contribution is 2.26. The summed E-state index contributed by atoms with van der Waals surface area (Å²) in [5, 5.41) is 4.38. The summed E-state index contributed by atoms with van der Waals surface area (Å²) in [5.74, 6) is -0.768. The summed E-state index contributed by atoms with van der Waals surface area (Å²) in [6.45, 7) is 4.57. The number of piperazine rings is 1. The van der Waals surface area contributed by atoms with Crippen LogP contribution < -0.4 is 4.90 Å². The zero-order valence-corrected chi connectivity index (χ0v) is 17.0. The lowest BCUT2D eigenvalue weighted by atomic mass is 10.1. The molecular formula is C22H21F2N5O2. The lowest BCUT2D eigenvalue weighted by Gasteiger charge is -2.37. The topological polar surface area (TPSA) is 63.5 Å². The molecule has 31 heavy (non-hydrogen) atoms. The molecule has 0 radical (unpaired) electrons. The molecule has 1 amide bonds. The number of anilines is 1. The first-order valence-corrected chi connectivity index (χ1v) is 10.1. The highest BCUT2D eigenvalue weighted by atomic mass is 19.1. The van der Waals surface area contributed by atoms with Gasteiger partial charge in [0, 0.05) is 37.8 Å². The summed E-state index contributed by atoms with van der Waals surface area (Å²) in [7, 11) is 0. The Kier molecular flexibility index (Phi) is 4.80. The number of cyclic esters (lactones) is 1. The van der Waals surface area contributed by atoms with Crippen LogP contribution in [0.3, 0.4) is 0 Å². The summed E-state index contributed by atoms with van der Waals surface area (Å²) >= 11 is 0. The molecule has 2 fully saturated rings. The van der Waals surface area contributed by atoms with E-state index in [1.54, 1.807) is 4.90 Å². The Labute approximate surface area is 177 Å². The second-order valence-corrected chi connectivity index (χ2v) is 7.96. The van der Waals surface area contributed by atoms with Gasteiger partial charge >= 0.3 is 6.09 Å². The zero-order valence-electron chi connectivity index (χ0n) is 17.0. The van der Waals surface area contributed by atoms with E-state index >= 15 is 0 Å². The molecule has 0 saturated carbocycles. The molecule has 1 aromatic heterocycles. The monoisotopic (exact) mass is 425 g/mol. The average molecular weight is 425 g/mol. The van der Waals surface area contributed by atoms with Crippen molar-refractivity contribution in [2.75, 3.05) is 31.1 Å². The van der Waals surface area contributed by atoms with Gasteiger partial charge in [0.1, 0.15) is 24.6 Å². The van der Waals surface area contributed by atoms with Gasteiger partial charge in [0.25, 0.3) is 0 Å². The van der Waals surface area contributed by atoms with Gasteiger partial charge < -0.3 is 9.64 Å². The van der Waals surface area contributed by atoms with Crippen LogP contribution in [0.4, 0.5) is 19.3 Å². The fourth-order valence-electron chi connectivity index (χ4n) is 4.21. The molecule has 0 N–H and O–H groups in total. The van der Waals surface area contributed by atoms with E-state index in [4.69, 9.17) is 4.74 Å². The number of aryl methyl sites for hydroxylation is 1. The number of rotatable bonds is 4. The number of ether oxygens (including phenoxy) is 1. The molecule has 3 aromatic rings. The van der Waals surface area contributed by atoms with E-state index in [1.165, 1.54) is 23.1 Å². The summed E-state index contributed by atoms with van der Waals surface area (Å²) in [5.41, 5.74) is 3.52. The number of nitrogens with zero attached hydrogens (tertiary/aromatic N) is 5. The third-order valence-corrected chi connectivity index (χ3v) is 5.62. The van der Waals surface area contributed by atoms with Crippen LogP contribution in [0, 0.1) is 18.6 Å². The molecule has 7 nitrogen and oxygen atoms in total. The van der Waals surface area contributed by atoms with Gasteiger partial charge in [-0.1, -0.05) is 6.07 Å². The van der Waals surface area contributed by atoms with Crippen LogP contribution in [-0.2, 0) is 11.2 Å². The standard InChI is InChI=1S/C22H21F2N5O2/c1-14-4-15(6-18(5-14)27-2-3-28-20(11-27)12-31-22(28)30)7-21-25-13-29(26-21)19-9-16(23)8-17(24)10-19/h4-6,8-10,13,20H,2-3,7,11-12H2,1H3. The van der Waals surface area contributed by atoms with Crippen LogP contribution >= 0.6 is 0 Å². The number of aromatic nitrogens is 3. The van der Waals surface area contributed by atoms with Crippen molar-refractivity contribution < 1.29 is 18.3 Å². The van der Waals surface area contributed by atoms with Gasteiger partial charge in [0.2, 0.25) is 0 Å². The predicted molar refractivity (Wildman–Crippen MR) is 109 cm³/mol. The molecule has 3 heterocycles.